The molecule has 1 N–H and O–H groups in total. The Hall–Kier alpha value is -2.60. The van der Waals surface area contributed by atoms with E-state index >= 15 is 0 Å². The zero-order chi connectivity index (χ0) is 15.6. The Morgan fingerprint density at radius 1 is 1.13 bits per heavy atom. The number of amidine groups is 1. The normalized spacial score (nSPS) is 15.9. The first-order valence-corrected chi connectivity index (χ1v) is 8.20. The third kappa shape index (κ3) is 2.73. The number of aromatic nitrogens is 1. The van der Waals surface area contributed by atoms with Crippen LogP contribution in [0.5, 0.6) is 0 Å². The zero-order valence-electron chi connectivity index (χ0n) is 12.3. The molecular formula is C17H14N4OS. The molecule has 0 spiro atoms. The number of pyridine rings is 1. The van der Waals surface area contributed by atoms with Crippen LogP contribution in [-0.4, -0.2) is 34.0 Å². The fourth-order valence-corrected chi connectivity index (χ4v) is 3.54. The Morgan fingerprint density at radius 3 is 2.70 bits per heavy atom. The summed E-state index contributed by atoms with van der Waals surface area (Å²) in [5.41, 5.74) is 3.68. The van der Waals surface area contributed by atoms with Crippen molar-refractivity contribution in [3.05, 3.63) is 65.3 Å². The summed E-state index contributed by atoms with van der Waals surface area (Å²) in [5, 5.41) is 6.10. The Balaban J connectivity index is 1.48. The molecule has 114 valence electrons. The third-order valence-corrected chi connectivity index (χ3v) is 4.65. The Morgan fingerprint density at radius 2 is 1.91 bits per heavy atom. The van der Waals surface area contributed by atoms with Crippen LogP contribution < -0.4 is 5.32 Å². The van der Waals surface area contributed by atoms with Crippen molar-refractivity contribution in [3.8, 4) is 0 Å². The van der Waals surface area contributed by atoms with E-state index in [1.807, 2.05) is 24.3 Å². The van der Waals surface area contributed by atoms with Crippen molar-refractivity contribution in [1.29, 1.82) is 0 Å². The second kappa shape index (κ2) is 5.89. The van der Waals surface area contributed by atoms with E-state index in [1.54, 1.807) is 36.3 Å². The number of anilines is 1. The molecule has 0 unspecified atom stereocenters. The van der Waals surface area contributed by atoms with Crippen LogP contribution in [0.4, 0.5) is 5.69 Å². The average molecular weight is 322 g/mol. The molecule has 6 heteroatoms. The molecule has 0 bridgehead atoms. The minimum atomic E-state index is -0.134. The van der Waals surface area contributed by atoms with Gasteiger partial charge in [-0.25, -0.2) is 0 Å². The summed E-state index contributed by atoms with van der Waals surface area (Å²) in [6, 6.07) is 11.3. The molecule has 3 heterocycles. The summed E-state index contributed by atoms with van der Waals surface area (Å²) in [4.78, 5) is 22.7. The van der Waals surface area contributed by atoms with Gasteiger partial charge in [0.05, 0.1) is 12.2 Å². The smallest absolute Gasteiger partial charge is 0.255 e. The van der Waals surface area contributed by atoms with Gasteiger partial charge >= 0.3 is 0 Å². The standard InChI is InChI=1S/C17H14N4OS/c22-16(13-5-7-18-8-6-13)20-14-3-1-12(2-4-14)15-11-23-17-19-9-10-21(15)17/h1-8,11H,9-10H2,(H,20,22). The number of amides is 1. The van der Waals surface area contributed by atoms with Crippen LogP contribution in [0.2, 0.25) is 0 Å². The first-order valence-electron chi connectivity index (χ1n) is 7.32. The first kappa shape index (κ1) is 14.0. The van der Waals surface area contributed by atoms with Gasteiger partial charge in [-0.05, 0) is 29.8 Å². The summed E-state index contributed by atoms with van der Waals surface area (Å²) in [6.07, 6.45) is 3.22. The topological polar surface area (TPSA) is 57.6 Å². The van der Waals surface area contributed by atoms with E-state index in [0.29, 0.717) is 5.56 Å². The van der Waals surface area contributed by atoms with Gasteiger partial charge in [-0.2, -0.15) is 0 Å². The lowest BCUT2D eigenvalue weighted by Crippen LogP contribution is -2.19. The van der Waals surface area contributed by atoms with Gasteiger partial charge in [-0.15, -0.1) is 0 Å². The van der Waals surface area contributed by atoms with Crippen LogP contribution in [0.1, 0.15) is 15.9 Å². The molecule has 1 aromatic carbocycles. The molecule has 2 aliphatic heterocycles. The summed E-state index contributed by atoms with van der Waals surface area (Å²) < 4.78 is 0. The molecule has 0 aliphatic carbocycles. The summed E-state index contributed by atoms with van der Waals surface area (Å²) >= 11 is 1.67. The lowest BCUT2D eigenvalue weighted by Gasteiger charge is -2.16. The van der Waals surface area contributed by atoms with Crippen molar-refractivity contribution in [2.24, 2.45) is 4.99 Å². The first-order chi connectivity index (χ1) is 11.3. The number of benzene rings is 1. The van der Waals surface area contributed by atoms with Gasteiger partial charge in [0.2, 0.25) is 0 Å². The van der Waals surface area contributed by atoms with Crippen molar-refractivity contribution in [1.82, 2.24) is 9.88 Å². The Bertz CT molecular complexity index is 799. The third-order valence-electron chi connectivity index (χ3n) is 3.75. The van der Waals surface area contributed by atoms with Crippen molar-refractivity contribution in [3.63, 3.8) is 0 Å². The number of hydrogen-bond acceptors (Lipinski definition) is 5. The highest BCUT2D eigenvalue weighted by atomic mass is 32.2. The summed E-state index contributed by atoms with van der Waals surface area (Å²) in [5.74, 6) is -0.134. The number of thioether (sulfide) groups is 1. The second-order valence-electron chi connectivity index (χ2n) is 5.20. The number of aliphatic imine (C=N–C) groups is 1. The van der Waals surface area contributed by atoms with Crippen molar-refractivity contribution < 1.29 is 4.79 Å². The number of hydrogen-bond donors (Lipinski definition) is 1. The average Bonchev–Trinajstić information content (AvgIpc) is 3.20. The molecule has 1 aromatic heterocycles. The van der Waals surface area contributed by atoms with E-state index in [2.05, 4.69) is 25.6 Å². The molecule has 0 radical (unpaired) electrons. The maximum Gasteiger partial charge on any atom is 0.255 e. The molecule has 23 heavy (non-hydrogen) atoms. The highest BCUT2D eigenvalue weighted by Gasteiger charge is 2.26. The maximum absolute atomic E-state index is 12.1. The van der Waals surface area contributed by atoms with Crippen LogP contribution in [0.25, 0.3) is 5.70 Å². The molecule has 2 aliphatic rings. The number of fused-ring (bicyclic) bond motifs is 1. The Kier molecular flexibility index (Phi) is 3.59. The van der Waals surface area contributed by atoms with Gasteiger partial charge in [0.15, 0.2) is 5.17 Å². The maximum atomic E-state index is 12.1. The minimum absolute atomic E-state index is 0.134. The van der Waals surface area contributed by atoms with Crippen LogP contribution in [0.3, 0.4) is 0 Å². The lowest BCUT2D eigenvalue weighted by atomic mass is 10.1. The van der Waals surface area contributed by atoms with Gasteiger partial charge in [-0.1, -0.05) is 23.9 Å². The number of rotatable bonds is 3. The van der Waals surface area contributed by atoms with Crippen LogP contribution >= 0.6 is 11.8 Å². The summed E-state index contributed by atoms with van der Waals surface area (Å²) in [6.45, 7) is 1.80. The predicted octanol–water partition coefficient (Wildman–Crippen LogP) is 3.05. The van der Waals surface area contributed by atoms with E-state index in [1.165, 1.54) is 5.70 Å². The number of carbonyl (C=O) groups excluding carboxylic acids is 1. The van der Waals surface area contributed by atoms with E-state index in [9.17, 15) is 4.79 Å². The van der Waals surface area contributed by atoms with Crippen molar-refractivity contribution >= 4 is 34.2 Å². The SMILES string of the molecule is O=C(Nc1ccc(C2=CSC3=NCCN23)cc1)c1ccncc1. The van der Waals surface area contributed by atoms with Crippen LogP contribution in [0, 0.1) is 0 Å². The fourth-order valence-electron chi connectivity index (χ4n) is 2.58. The van der Waals surface area contributed by atoms with Crippen LogP contribution in [-0.2, 0) is 0 Å². The molecule has 0 saturated carbocycles. The van der Waals surface area contributed by atoms with Gasteiger partial charge in [0.25, 0.3) is 5.91 Å². The molecule has 0 fully saturated rings. The highest BCUT2D eigenvalue weighted by molar-refractivity contribution is 8.16. The van der Waals surface area contributed by atoms with E-state index in [4.69, 9.17) is 0 Å². The molecule has 1 amide bonds. The minimum Gasteiger partial charge on any atom is -0.322 e. The molecule has 4 rings (SSSR count). The van der Waals surface area contributed by atoms with Crippen molar-refractivity contribution in [2.75, 3.05) is 18.4 Å². The molecule has 0 saturated heterocycles. The van der Waals surface area contributed by atoms with Crippen LogP contribution in [0.15, 0.2) is 59.2 Å². The summed E-state index contributed by atoms with van der Waals surface area (Å²) in [7, 11) is 0. The molecule has 2 aromatic rings. The van der Waals surface area contributed by atoms with E-state index in [0.717, 1.165) is 29.5 Å². The number of nitrogens with one attached hydrogen (secondary N) is 1. The van der Waals surface area contributed by atoms with Crippen molar-refractivity contribution in [2.45, 2.75) is 0 Å². The largest absolute Gasteiger partial charge is 0.322 e. The van der Waals surface area contributed by atoms with Gasteiger partial charge < -0.3 is 10.2 Å². The lowest BCUT2D eigenvalue weighted by molar-refractivity contribution is 0.102. The predicted molar refractivity (Wildman–Crippen MR) is 93.2 cm³/mol. The van der Waals surface area contributed by atoms with Gasteiger partial charge in [-0.3, -0.25) is 14.8 Å². The fraction of sp³-hybridized carbons (Fsp3) is 0.118. The number of nitrogens with zero attached hydrogens (tertiary/aromatic N) is 3. The quantitative estimate of drug-likeness (QED) is 0.943. The highest BCUT2D eigenvalue weighted by Crippen LogP contribution is 2.35. The van der Waals surface area contributed by atoms with E-state index in [-0.39, 0.29) is 5.91 Å². The second-order valence-corrected chi connectivity index (χ2v) is 6.04. The van der Waals surface area contributed by atoms with E-state index < -0.39 is 0 Å². The zero-order valence-corrected chi connectivity index (χ0v) is 13.1. The number of carbonyl (C=O) groups is 1. The molecular weight excluding hydrogens is 308 g/mol. The monoisotopic (exact) mass is 322 g/mol. The van der Waals surface area contributed by atoms with Gasteiger partial charge in [0.1, 0.15) is 0 Å². The molecule has 0 atom stereocenters. The Labute approximate surface area is 138 Å². The van der Waals surface area contributed by atoms with Gasteiger partial charge in [0, 0.05) is 35.6 Å². The molecule has 5 nitrogen and oxygen atoms in total.